The Morgan fingerprint density at radius 3 is 2.46 bits per heavy atom. The minimum absolute atomic E-state index is 0.0704. The molecule has 2 aromatic rings. The van der Waals surface area contributed by atoms with Crippen LogP contribution in [0.3, 0.4) is 0 Å². The number of para-hydroxylation sites is 1. The number of hydrogen-bond donors (Lipinski definition) is 1. The molecule has 6 heteroatoms. The van der Waals surface area contributed by atoms with Crippen LogP contribution in [0.2, 0.25) is 5.02 Å². The van der Waals surface area contributed by atoms with E-state index in [4.69, 9.17) is 16.9 Å². The van der Waals surface area contributed by atoms with Gasteiger partial charge >= 0.3 is 0 Å². The van der Waals surface area contributed by atoms with Crippen LogP contribution in [0.15, 0.2) is 48.5 Å². The molecule has 0 bridgehead atoms. The van der Waals surface area contributed by atoms with E-state index in [9.17, 15) is 4.79 Å². The van der Waals surface area contributed by atoms with Gasteiger partial charge in [-0.1, -0.05) is 29.8 Å². The van der Waals surface area contributed by atoms with Crippen LogP contribution >= 0.6 is 11.6 Å². The summed E-state index contributed by atoms with van der Waals surface area (Å²) in [5, 5.41) is 12.1. The molecule has 0 aromatic heterocycles. The molecule has 5 nitrogen and oxygen atoms in total. The summed E-state index contributed by atoms with van der Waals surface area (Å²) in [7, 11) is 0. The fraction of sp³-hybridized carbons (Fsp3) is 0.300. The van der Waals surface area contributed by atoms with Crippen LogP contribution in [-0.2, 0) is 4.79 Å². The predicted molar refractivity (Wildman–Crippen MR) is 104 cm³/mol. The first kappa shape index (κ1) is 18.2. The zero-order valence-electron chi connectivity index (χ0n) is 14.7. The lowest BCUT2D eigenvalue weighted by molar-refractivity contribution is -0.120. The number of anilines is 2. The highest BCUT2D eigenvalue weighted by Gasteiger charge is 2.25. The van der Waals surface area contributed by atoms with Crippen LogP contribution in [0.5, 0.6) is 0 Å². The lowest BCUT2D eigenvalue weighted by atomic mass is 10.1. The summed E-state index contributed by atoms with van der Waals surface area (Å²) in [5.74, 6) is -0.0704. The second-order valence-corrected chi connectivity index (χ2v) is 6.74. The quantitative estimate of drug-likeness (QED) is 0.898. The van der Waals surface area contributed by atoms with Crippen LogP contribution in [0, 0.1) is 11.3 Å². The first-order valence-electron chi connectivity index (χ1n) is 8.63. The number of carbonyl (C=O) groups is 1. The molecule has 0 radical (unpaired) electrons. The Kier molecular flexibility index (Phi) is 5.77. The molecule has 0 aliphatic carbocycles. The fourth-order valence-corrected chi connectivity index (χ4v) is 3.33. The lowest BCUT2D eigenvalue weighted by Crippen LogP contribution is -2.52. The summed E-state index contributed by atoms with van der Waals surface area (Å²) in [6.07, 6.45) is 0. The standard InChI is InChI=1S/C20H21ClN4O/c1-15(20(26)23-17-8-7-16(14-22)19(21)13-17)24-9-11-25(12-10-24)18-5-3-2-4-6-18/h2-8,13,15H,9-12H2,1H3,(H,23,26). The Balaban J connectivity index is 1.56. The van der Waals surface area contributed by atoms with Crippen molar-refractivity contribution in [2.75, 3.05) is 36.4 Å². The van der Waals surface area contributed by atoms with Gasteiger partial charge in [-0.3, -0.25) is 9.69 Å². The van der Waals surface area contributed by atoms with E-state index in [1.165, 1.54) is 5.69 Å². The van der Waals surface area contributed by atoms with Gasteiger partial charge in [0.1, 0.15) is 6.07 Å². The van der Waals surface area contributed by atoms with E-state index in [0.717, 1.165) is 26.2 Å². The third kappa shape index (κ3) is 4.16. The summed E-state index contributed by atoms with van der Waals surface area (Å²) in [4.78, 5) is 17.1. The topological polar surface area (TPSA) is 59.4 Å². The zero-order valence-corrected chi connectivity index (χ0v) is 15.4. The molecular formula is C20H21ClN4O. The highest BCUT2D eigenvalue weighted by molar-refractivity contribution is 6.32. The average Bonchev–Trinajstić information content (AvgIpc) is 2.68. The number of halogens is 1. The van der Waals surface area contributed by atoms with Gasteiger partial charge in [0.15, 0.2) is 0 Å². The van der Waals surface area contributed by atoms with Crippen molar-refractivity contribution in [3.63, 3.8) is 0 Å². The number of amides is 1. The lowest BCUT2D eigenvalue weighted by Gasteiger charge is -2.38. The zero-order chi connectivity index (χ0) is 18.5. The van der Waals surface area contributed by atoms with Crippen molar-refractivity contribution in [3.8, 4) is 6.07 Å². The summed E-state index contributed by atoms with van der Waals surface area (Å²) >= 11 is 6.03. The number of piperazine rings is 1. The molecule has 0 spiro atoms. The molecule has 1 fully saturated rings. The van der Waals surface area contributed by atoms with Gasteiger partial charge < -0.3 is 10.2 Å². The number of carbonyl (C=O) groups excluding carboxylic acids is 1. The van der Waals surface area contributed by atoms with E-state index in [-0.39, 0.29) is 11.9 Å². The maximum absolute atomic E-state index is 12.6. The van der Waals surface area contributed by atoms with Crippen molar-refractivity contribution in [1.29, 1.82) is 5.26 Å². The number of rotatable bonds is 4. The summed E-state index contributed by atoms with van der Waals surface area (Å²) in [6, 6.07) is 17.0. The first-order chi connectivity index (χ1) is 12.6. The molecule has 1 unspecified atom stereocenters. The number of nitriles is 1. The third-order valence-corrected chi connectivity index (χ3v) is 5.03. The van der Waals surface area contributed by atoms with Gasteiger partial charge in [-0.2, -0.15) is 5.26 Å². The van der Waals surface area contributed by atoms with Crippen molar-refractivity contribution in [2.45, 2.75) is 13.0 Å². The third-order valence-electron chi connectivity index (χ3n) is 4.72. The van der Waals surface area contributed by atoms with Crippen molar-refractivity contribution >= 4 is 28.9 Å². The second kappa shape index (κ2) is 8.22. The van der Waals surface area contributed by atoms with Crippen LogP contribution in [0.25, 0.3) is 0 Å². The molecule has 26 heavy (non-hydrogen) atoms. The van der Waals surface area contributed by atoms with E-state index in [0.29, 0.717) is 16.3 Å². The van der Waals surface area contributed by atoms with Crippen LogP contribution in [-0.4, -0.2) is 43.0 Å². The Labute approximate surface area is 158 Å². The number of nitrogens with zero attached hydrogens (tertiary/aromatic N) is 3. The number of benzene rings is 2. The maximum Gasteiger partial charge on any atom is 0.241 e. The highest BCUT2D eigenvalue weighted by Crippen LogP contribution is 2.21. The van der Waals surface area contributed by atoms with Crippen molar-refractivity contribution in [3.05, 3.63) is 59.1 Å². The van der Waals surface area contributed by atoms with Crippen molar-refractivity contribution in [2.24, 2.45) is 0 Å². The van der Waals surface area contributed by atoms with Crippen molar-refractivity contribution < 1.29 is 4.79 Å². The number of nitrogens with one attached hydrogen (secondary N) is 1. The molecule has 2 aromatic carbocycles. The minimum atomic E-state index is -0.234. The van der Waals surface area contributed by atoms with Crippen LogP contribution < -0.4 is 10.2 Å². The van der Waals surface area contributed by atoms with Gasteiger partial charge in [0.25, 0.3) is 0 Å². The molecule has 1 amide bonds. The molecule has 1 aliphatic heterocycles. The van der Waals surface area contributed by atoms with Crippen LogP contribution in [0.4, 0.5) is 11.4 Å². The molecule has 134 valence electrons. The van der Waals surface area contributed by atoms with Crippen LogP contribution in [0.1, 0.15) is 12.5 Å². The van der Waals surface area contributed by atoms with Gasteiger partial charge in [-0.05, 0) is 37.3 Å². The Morgan fingerprint density at radius 2 is 1.85 bits per heavy atom. The smallest absolute Gasteiger partial charge is 0.241 e. The molecule has 1 aliphatic rings. The SMILES string of the molecule is CC(C(=O)Nc1ccc(C#N)c(Cl)c1)N1CCN(c2ccccc2)CC1. The largest absolute Gasteiger partial charge is 0.369 e. The predicted octanol–water partition coefficient (Wildman–Crippen LogP) is 3.36. The van der Waals surface area contributed by atoms with E-state index < -0.39 is 0 Å². The van der Waals surface area contributed by atoms with Gasteiger partial charge in [0.2, 0.25) is 5.91 Å². The first-order valence-corrected chi connectivity index (χ1v) is 9.01. The molecule has 1 heterocycles. The normalized spacial score (nSPS) is 16.0. The Morgan fingerprint density at radius 1 is 1.15 bits per heavy atom. The molecule has 3 rings (SSSR count). The van der Waals surface area contributed by atoms with E-state index in [1.54, 1.807) is 18.2 Å². The van der Waals surface area contributed by atoms with Crippen molar-refractivity contribution in [1.82, 2.24) is 4.90 Å². The van der Waals surface area contributed by atoms with Gasteiger partial charge in [-0.15, -0.1) is 0 Å². The van der Waals surface area contributed by atoms with Gasteiger partial charge in [0.05, 0.1) is 16.6 Å². The van der Waals surface area contributed by atoms with E-state index in [1.807, 2.05) is 31.2 Å². The number of hydrogen-bond acceptors (Lipinski definition) is 4. The molecule has 1 atom stereocenters. The Bertz CT molecular complexity index is 810. The fourth-order valence-electron chi connectivity index (χ4n) is 3.10. The van der Waals surface area contributed by atoms with Gasteiger partial charge in [0, 0.05) is 37.6 Å². The molecule has 1 saturated heterocycles. The van der Waals surface area contributed by atoms with E-state index >= 15 is 0 Å². The molecule has 1 N–H and O–H groups in total. The highest BCUT2D eigenvalue weighted by atomic mass is 35.5. The monoisotopic (exact) mass is 368 g/mol. The summed E-state index contributed by atoms with van der Waals surface area (Å²) < 4.78 is 0. The second-order valence-electron chi connectivity index (χ2n) is 6.33. The maximum atomic E-state index is 12.6. The van der Waals surface area contributed by atoms with Gasteiger partial charge in [-0.25, -0.2) is 0 Å². The summed E-state index contributed by atoms with van der Waals surface area (Å²) in [6.45, 7) is 5.36. The minimum Gasteiger partial charge on any atom is -0.369 e. The molecular weight excluding hydrogens is 348 g/mol. The summed E-state index contributed by atoms with van der Waals surface area (Å²) in [5.41, 5.74) is 2.22. The Hall–Kier alpha value is -2.55. The van der Waals surface area contributed by atoms with E-state index in [2.05, 4.69) is 27.2 Å². The molecule has 0 saturated carbocycles. The average molecular weight is 369 g/mol.